The Morgan fingerprint density at radius 2 is 1.27 bits per heavy atom. The largest absolute Gasteiger partial charge is 0.295 e. The first-order chi connectivity index (χ1) is 12.4. The average molecular weight is 379 g/mol. The molecule has 3 aromatic carbocycles. The third-order valence-electron chi connectivity index (χ3n) is 4.16. The Bertz CT molecular complexity index is 866. The van der Waals surface area contributed by atoms with Gasteiger partial charge in [-0.1, -0.05) is 54.2 Å². The van der Waals surface area contributed by atoms with Gasteiger partial charge in [0.15, 0.2) is 5.78 Å². The minimum atomic E-state index is 0.00762. The summed E-state index contributed by atoms with van der Waals surface area (Å²) >= 11 is 3.59. The van der Waals surface area contributed by atoms with Crippen molar-refractivity contribution >= 4 is 29.3 Å². The van der Waals surface area contributed by atoms with E-state index in [2.05, 4.69) is 62.4 Å². The summed E-state index contributed by atoms with van der Waals surface area (Å²) in [5.41, 5.74) is 2.06. The minimum Gasteiger partial charge on any atom is -0.295 e. The van der Waals surface area contributed by atoms with Gasteiger partial charge in [-0.2, -0.15) is 0 Å². The minimum absolute atomic E-state index is 0.00762. The van der Waals surface area contributed by atoms with Gasteiger partial charge in [-0.3, -0.25) is 4.79 Å². The van der Waals surface area contributed by atoms with Gasteiger partial charge < -0.3 is 0 Å². The molecular formula is C23H22OS2. The second-order valence-electron chi connectivity index (χ2n) is 6.63. The van der Waals surface area contributed by atoms with E-state index in [1.165, 1.54) is 15.4 Å². The van der Waals surface area contributed by atoms with Crippen LogP contribution in [0.15, 0.2) is 93.5 Å². The molecule has 0 saturated heterocycles. The van der Waals surface area contributed by atoms with E-state index in [0.717, 1.165) is 10.5 Å². The summed E-state index contributed by atoms with van der Waals surface area (Å²) in [6.07, 6.45) is 0. The Morgan fingerprint density at radius 1 is 0.731 bits per heavy atom. The molecule has 1 nitrogen and oxygen atoms in total. The van der Waals surface area contributed by atoms with Gasteiger partial charge in [0.1, 0.15) is 0 Å². The summed E-state index contributed by atoms with van der Waals surface area (Å²) in [7, 11) is 0. The van der Waals surface area contributed by atoms with Crippen molar-refractivity contribution in [1.82, 2.24) is 0 Å². The predicted octanol–water partition coefficient (Wildman–Crippen LogP) is 7.07. The molecule has 0 fully saturated rings. The lowest BCUT2D eigenvalue weighted by atomic mass is 10.0. The maximum atomic E-state index is 11.4. The second kappa shape index (κ2) is 8.15. The van der Waals surface area contributed by atoms with Crippen molar-refractivity contribution in [3.8, 4) is 0 Å². The average Bonchev–Trinajstić information content (AvgIpc) is 2.63. The Kier molecular flexibility index (Phi) is 5.90. The molecule has 0 unspecified atom stereocenters. The molecule has 132 valence electrons. The Morgan fingerprint density at radius 3 is 1.81 bits per heavy atom. The molecule has 0 N–H and O–H groups in total. The molecular weight excluding hydrogens is 356 g/mol. The molecule has 0 saturated carbocycles. The Hall–Kier alpha value is -1.97. The number of rotatable bonds is 6. The highest BCUT2D eigenvalue weighted by Crippen LogP contribution is 2.41. The van der Waals surface area contributed by atoms with Crippen LogP contribution in [-0.2, 0) is 4.75 Å². The highest BCUT2D eigenvalue weighted by atomic mass is 32.2. The van der Waals surface area contributed by atoms with Crippen LogP contribution in [0.25, 0.3) is 0 Å². The van der Waals surface area contributed by atoms with Crippen LogP contribution < -0.4 is 0 Å². The summed E-state index contributed by atoms with van der Waals surface area (Å²) in [6.45, 7) is 6.11. The van der Waals surface area contributed by atoms with Crippen LogP contribution in [0.1, 0.15) is 36.7 Å². The number of benzene rings is 3. The topological polar surface area (TPSA) is 17.1 Å². The van der Waals surface area contributed by atoms with Gasteiger partial charge in [-0.25, -0.2) is 0 Å². The summed E-state index contributed by atoms with van der Waals surface area (Å²) in [5.74, 6) is 0.101. The molecule has 0 heterocycles. The highest BCUT2D eigenvalue weighted by Gasteiger charge is 2.21. The van der Waals surface area contributed by atoms with Crippen molar-refractivity contribution in [3.05, 3.63) is 90.0 Å². The van der Waals surface area contributed by atoms with E-state index in [1.54, 1.807) is 18.7 Å². The molecule has 0 atom stereocenters. The molecule has 0 aliphatic rings. The van der Waals surface area contributed by atoms with E-state index in [1.807, 2.05) is 42.1 Å². The lowest BCUT2D eigenvalue weighted by molar-refractivity contribution is 0.101. The van der Waals surface area contributed by atoms with Crippen LogP contribution in [0, 0.1) is 0 Å². The molecule has 0 radical (unpaired) electrons. The summed E-state index contributed by atoms with van der Waals surface area (Å²) in [5, 5.41) is 0. The lowest BCUT2D eigenvalue weighted by Crippen LogP contribution is -2.11. The first-order valence-corrected chi connectivity index (χ1v) is 10.2. The molecule has 0 aliphatic heterocycles. The fourth-order valence-electron chi connectivity index (χ4n) is 2.66. The van der Waals surface area contributed by atoms with E-state index in [-0.39, 0.29) is 10.5 Å². The van der Waals surface area contributed by atoms with Crippen LogP contribution >= 0.6 is 23.5 Å². The first kappa shape index (κ1) is 18.8. The third-order valence-corrected chi connectivity index (χ3v) is 6.43. The van der Waals surface area contributed by atoms with Crippen molar-refractivity contribution in [2.75, 3.05) is 0 Å². The highest BCUT2D eigenvalue weighted by molar-refractivity contribution is 8.00. The molecule has 0 amide bonds. The number of hydrogen-bond acceptors (Lipinski definition) is 3. The zero-order valence-corrected chi connectivity index (χ0v) is 16.9. The van der Waals surface area contributed by atoms with Crippen LogP contribution in [-0.4, -0.2) is 5.78 Å². The van der Waals surface area contributed by atoms with Crippen LogP contribution in [0.3, 0.4) is 0 Å². The van der Waals surface area contributed by atoms with Crippen molar-refractivity contribution in [1.29, 1.82) is 0 Å². The van der Waals surface area contributed by atoms with Crippen molar-refractivity contribution in [3.63, 3.8) is 0 Å². The summed E-state index contributed by atoms with van der Waals surface area (Å²) in [4.78, 5) is 15.0. The Labute approximate surface area is 164 Å². The van der Waals surface area contributed by atoms with Crippen LogP contribution in [0.5, 0.6) is 0 Å². The quantitative estimate of drug-likeness (QED) is 0.337. The smallest absolute Gasteiger partial charge is 0.159 e. The molecule has 0 aromatic heterocycles. The maximum absolute atomic E-state index is 11.4. The van der Waals surface area contributed by atoms with E-state index >= 15 is 0 Å². The number of ketones is 1. The zero-order chi connectivity index (χ0) is 18.6. The number of carbonyl (C=O) groups is 1. The Balaban J connectivity index is 1.70. The van der Waals surface area contributed by atoms with Crippen LogP contribution in [0.4, 0.5) is 0 Å². The second-order valence-corrected chi connectivity index (χ2v) is 9.48. The monoisotopic (exact) mass is 378 g/mol. The number of carbonyl (C=O) groups excluding carboxylic acids is 1. The molecule has 0 spiro atoms. The number of Topliss-reactive ketones (excluding diaryl/α,β-unsaturated/α-hetero) is 1. The fourth-order valence-corrected chi connectivity index (χ4v) is 4.61. The van der Waals surface area contributed by atoms with Crippen molar-refractivity contribution < 1.29 is 4.79 Å². The van der Waals surface area contributed by atoms with Gasteiger partial charge in [-0.05, 0) is 62.7 Å². The molecule has 3 heteroatoms. The SMILES string of the molecule is CC(=O)c1ccc(Sc2ccc(C(C)(C)Sc3ccccc3)cc2)cc1. The molecule has 3 rings (SSSR count). The van der Waals surface area contributed by atoms with Gasteiger partial charge in [-0.15, -0.1) is 11.8 Å². The molecule has 0 bridgehead atoms. The number of hydrogen-bond donors (Lipinski definition) is 0. The normalized spacial score (nSPS) is 11.3. The summed E-state index contributed by atoms with van der Waals surface area (Å²) in [6, 6.07) is 27.1. The van der Waals surface area contributed by atoms with Crippen molar-refractivity contribution in [2.24, 2.45) is 0 Å². The molecule has 3 aromatic rings. The van der Waals surface area contributed by atoms with Gasteiger partial charge in [0.25, 0.3) is 0 Å². The molecule has 0 aliphatic carbocycles. The zero-order valence-electron chi connectivity index (χ0n) is 15.2. The standard InChI is InChI=1S/C23H22OS2/c1-17(24)18-9-13-20(14-10-18)25-21-15-11-19(12-16-21)23(2,3)26-22-7-5-4-6-8-22/h4-16H,1-3H3. The van der Waals surface area contributed by atoms with Gasteiger partial charge >= 0.3 is 0 Å². The van der Waals surface area contributed by atoms with E-state index in [9.17, 15) is 4.79 Å². The predicted molar refractivity (Wildman–Crippen MR) is 112 cm³/mol. The van der Waals surface area contributed by atoms with E-state index in [0.29, 0.717) is 0 Å². The van der Waals surface area contributed by atoms with E-state index in [4.69, 9.17) is 0 Å². The van der Waals surface area contributed by atoms with Gasteiger partial charge in [0, 0.05) is 25.0 Å². The van der Waals surface area contributed by atoms with Gasteiger partial charge in [0.05, 0.1) is 0 Å². The maximum Gasteiger partial charge on any atom is 0.159 e. The van der Waals surface area contributed by atoms with Crippen molar-refractivity contribution in [2.45, 2.75) is 40.2 Å². The number of thioether (sulfide) groups is 1. The lowest BCUT2D eigenvalue weighted by Gasteiger charge is -2.25. The summed E-state index contributed by atoms with van der Waals surface area (Å²) < 4.78 is 0.00762. The fraction of sp³-hybridized carbons (Fsp3) is 0.174. The molecule has 26 heavy (non-hydrogen) atoms. The first-order valence-electron chi connectivity index (χ1n) is 8.57. The van der Waals surface area contributed by atoms with Gasteiger partial charge in [0.2, 0.25) is 0 Å². The van der Waals surface area contributed by atoms with Crippen LogP contribution in [0.2, 0.25) is 0 Å². The third kappa shape index (κ3) is 4.80. The van der Waals surface area contributed by atoms with E-state index < -0.39 is 0 Å².